The van der Waals surface area contributed by atoms with E-state index >= 15 is 0 Å². The van der Waals surface area contributed by atoms with Gasteiger partial charge in [-0.05, 0) is 37.1 Å². The van der Waals surface area contributed by atoms with Crippen molar-refractivity contribution >= 4 is 28.8 Å². The summed E-state index contributed by atoms with van der Waals surface area (Å²) in [6.45, 7) is 3.91. The molecule has 0 aliphatic heterocycles. The summed E-state index contributed by atoms with van der Waals surface area (Å²) >= 11 is 0. The highest BCUT2D eigenvalue weighted by Gasteiger charge is 2.32. The Morgan fingerprint density at radius 2 is 1.68 bits per heavy atom. The third-order valence-electron chi connectivity index (χ3n) is 5.60. The summed E-state index contributed by atoms with van der Waals surface area (Å²) in [5.74, 6) is -0.868. The number of nitrogens with one attached hydrogen (secondary N) is 1. The van der Waals surface area contributed by atoms with Gasteiger partial charge in [0.25, 0.3) is 5.91 Å². The van der Waals surface area contributed by atoms with Gasteiger partial charge in [0.05, 0.1) is 16.9 Å². The van der Waals surface area contributed by atoms with E-state index in [1.807, 2.05) is 32.2 Å². The van der Waals surface area contributed by atoms with Gasteiger partial charge in [-0.3, -0.25) is 18.8 Å². The van der Waals surface area contributed by atoms with Crippen LogP contribution in [0, 0.1) is 6.92 Å². The Kier molecular flexibility index (Phi) is 4.29. The number of benzene rings is 2. The van der Waals surface area contributed by atoms with Crippen LogP contribution in [-0.2, 0) is 6.42 Å². The van der Waals surface area contributed by atoms with Gasteiger partial charge in [0.1, 0.15) is 11.3 Å². The van der Waals surface area contributed by atoms with E-state index < -0.39 is 0 Å². The highest BCUT2D eigenvalue weighted by Crippen LogP contribution is 2.32. The molecule has 4 aromatic rings. The molecule has 2 aromatic carbocycles. The third-order valence-corrected chi connectivity index (χ3v) is 5.60. The van der Waals surface area contributed by atoms with E-state index in [9.17, 15) is 14.4 Å². The standard InChI is InChI=1S/C25H19N3O3/c1-3-18-22(28-12-11-14(2)13-20(28)26-18)25(31)27-19-10-6-9-17-21(19)24(30)16-8-5-4-7-15(16)23(17)29/h4-13H,3H2,1-2H3,(H,27,31). The van der Waals surface area contributed by atoms with E-state index in [1.165, 1.54) is 0 Å². The number of nitrogens with zero attached hydrogens (tertiary/aromatic N) is 2. The summed E-state index contributed by atoms with van der Waals surface area (Å²) in [6, 6.07) is 15.5. The number of aromatic nitrogens is 2. The fraction of sp³-hybridized carbons (Fsp3) is 0.120. The zero-order chi connectivity index (χ0) is 21.7. The summed E-state index contributed by atoms with van der Waals surface area (Å²) in [5, 5.41) is 2.86. The minimum absolute atomic E-state index is 0.221. The highest BCUT2D eigenvalue weighted by molar-refractivity contribution is 6.30. The molecule has 0 fully saturated rings. The number of carbonyl (C=O) groups excluding carboxylic acids is 3. The summed E-state index contributed by atoms with van der Waals surface area (Å²) in [4.78, 5) is 44.0. The van der Waals surface area contributed by atoms with E-state index in [2.05, 4.69) is 10.3 Å². The van der Waals surface area contributed by atoms with Crippen LogP contribution >= 0.6 is 0 Å². The van der Waals surface area contributed by atoms with Crippen molar-refractivity contribution in [3.63, 3.8) is 0 Å². The van der Waals surface area contributed by atoms with Gasteiger partial charge in [0.2, 0.25) is 0 Å². The smallest absolute Gasteiger partial charge is 0.274 e. The Morgan fingerprint density at radius 1 is 0.968 bits per heavy atom. The summed E-state index contributed by atoms with van der Waals surface area (Å²) in [5.41, 5.74) is 4.40. The Hall–Kier alpha value is -4.06. The van der Waals surface area contributed by atoms with Crippen molar-refractivity contribution in [1.29, 1.82) is 0 Å². The Bertz CT molecular complexity index is 1420. The second kappa shape index (κ2) is 7.02. The van der Waals surface area contributed by atoms with Crippen molar-refractivity contribution in [2.75, 3.05) is 5.32 Å². The Balaban J connectivity index is 1.60. The molecule has 2 heterocycles. The maximum absolute atomic E-state index is 13.3. The largest absolute Gasteiger partial charge is 0.320 e. The monoisotopic (exact) mass is 409 g/mol. The molecule has 2 aromatic heterocycles. The summed E-state index contributed by atoms with van der Waals surface area (Å²) < 4.78 is 1.75. The number of hydrogen-bond acceptors (Lipinski definition) is 4. The molecule has 152 valence electrons. The van der Waals surface area contributed by atoms with Crippen molar-refractivity contribution in [3.05, 3.63) is 100.0 Å². The lowest BCUT2D eigenvalue weighted by atomic mass is 9.83. The van der Waals surface area contributed by atoms with Gasteiger partial charge in [-0.15, -0.1) is 0 Å². The Morgan fingerprint density at radius 3 is 2.42 bits per heavy atom. The van der Waals surface area contributed by atoms with Crippen LogP contribution in [0.1, 0.15) is 60.5 Å². The van der Waals surface area contributed by atoms with Gasteiger partial charge in [0.15, 0.2) is 11.6 Å². The molecule has 0 radical (unpaired) electrons. The predicted octanol–water partition coefficient (Wildman–Crippen LogP) is 4.23. The van der Waals surface area contributed by atoms with Crippen LogP contribution in [0.4, 0.5) is 5.69 Å². The molecule has 0 saturated heterocycles. The number of pyridine rings is 1. The van der Waals surface area contributed by atoms with Crippen molar-refractivity contribution in [1.82, 2.24) is 9.38 Å². The molecule has 1 aliphatic carbocycles. The number of anilines is 1. The van der Waals surface area contributed by atoms with Gasteiger partial charge >= 0.3 is 0 Å². The molecule has 0 atom stereocenters. The first-order valence-corrected chi connectivity index (χ1v) is 10.1. The number of aryl methyl sites for hydroxylation is 2. The quantitative estimate of drug-likeness (QED) is 0.483. The maximum atomic E-state index is 13.3. The van der Waals surface area contributed by atoms with Crippen LogP contribution in [0.2, 0.25) is 0 Å². The normalized spacial score (nSPS) is 12.6. The van der Waals surface area contributed by atoms with E-state index in [-0.39, 0.29) is 23.0 Å². The van der Waals surface area contributed by atoms with Crippen LogP contribution in [-0.4, -0.2) is 26.9 Å². The molecular weight excluding hydrogens is 390 g/mol. The Labute approximate surface area is 178 Å². The van der Waals surface area contributed by atoms with Crippen LogP contribution < -0.4 is 5.32 Å². The molecule has 6 nitrogen and oxygen atoms in total. The molecule has 0 bridgehead atoms. The molecule has 0 unspecified atom stereocenters. The van der Waals surface area contributed by atoms with E-state index in [0.29, 0.717) is 45.8 Å². The first-order chi connectivity index (χ1) is 15.0. The predicted molar refractivity (Wildman–Crippen MR) is 117 cm³/mol. The molecule has 0 saturated carbocycles. The highest BCUT2D eigenvalue weighted by atomic mass is 16.2. The fourth-order valence-corrected chi connectivity index (χ4v) is 4.11. The van der Waals surface area contributed by atoms with E-state index in [0.717, 1.165) is 5.56 Å². The lowest BCUT2D eigenvalue weighted by Crippen LogP contribution is -2.24. The lowest BCUT2D eigenvalue weighted by molar-refractivity contribution is 0.0978. The van der Waals surface area contributed by atoms with Crippen LogP contribution in [0.25, 0.3) is 5.65 Å². The van der Waals surface area contributed by atoms with Gasteiger partial charge in [-0.2, -0.15) is 0 Å². The average Bonchev–Trinajstić information content (AvgIpc) is 3.15. The maximum Gasteiger partial charge on any atom is 0.274 e. The zero-order valence-corrected chi connectivity index (χ0v) is 17.1. The topological polar surface area (TPSA) is 80.5 Å². The third kappa shape index (κ3) is 2.87. The van der Waals surface area contributed by atoms with Gasteiger partial charge < -0.3 is 5.32 Å². The summed E-state index contributed by atoms with van der Waals surface area (Å²) in [7, 11) is 0. The zero-order valence-electron chi connectivity index (χ0n) is 17.1. The minimum Gasteiger partial charge on any atom is -0.320 e. The first kappa shape index (κ1) is 18.9. The first-order valence-electron chi connectivity index (χ1n) is 10.1. The fourth-order valence-electron chi connectivity index (χ4n) is 4.11. The van der Waals surface area contributed by atoms with Gasteiger partial charge in [-0.1, -0.05) is 43.3 Å². The molecule has 1 aliphatic rings. The number of fused-ring (bicyclic) bond motifs is 3. The van der Waals surface area contributed by atoms with E-state index in [1.54, 1.807) is 46.9 Å². The van der Waals surface area contributed by atoms with Crippen molar-refractivity contribution in [2.45, 2.75) is 20.3 Å². The number of rotatable bonds is 3. The number of imidazole rings is 1. The number of carbonyl (C=O) groups is 3. The molecule has 0 spiro atoms. The second-order valence-corrected chi connectivity index (χ2v) is 7.58. The molecule has 1 amide bonds. The van der Waals surface area contributed by atoms with Crippen molar-refractivity contribution in [2.24, 2.45) is 0 Å². The van der Waals surface area contributed by atoms with Gasteiger partial charge in [-0.25, -0.2) is 4.98 Å². The van der Waals surface area contributed by atoms with Crippen molar-refractivity contribution in [3.8, 4) is 0 Å². The molecular formula is C25H19N3O3. The summed E-state index contributed by atoms with van der Waals surface area (Å²) in [6.07, 6.45) is 2.40. The van der Waals surface area contributed by atoms with Crippen LogP contribution in [0.3, 0.4) is 0 Å². The van der Waals surface area contributed by atoms with Crippen molar-refractivity contribution < 1.29 is 14.4 Å². The molecule has 6 heteroatoms. The molecule has 5 rings (SSSR count). The van der Waals surface area contributed by atoms with Gasteiger partial charge in [0, 0.05) is 22.9 Å². The number of hydrogen-bond donors (Lipinski definition) is 1. The van der Waals surface area contributed by atoms with E-state index in [4.69, 9.17) is 0 Å². The van der Waals surface area contributed by atoms with Crippen LogP contribution in [0.5, 0.6) is 0 Å². The molecule has 1 N–H and O–H groups in total. The minimum atomic E-state index is -0.374. The second-order valence-electron chi connectivity index (χ2n) is 7.58. The number of amides is 1. The number of ketones is 2. The van der Waals surface area contributed by atoms with Crippen LogP contribution in [0.15, 0.2) is 60.8 Å². The lowest BCUT2D eigenvalue weighted by Gasteiger charge is -2.20. The molecule has 31 heavy (non-hydrogen) atoms. The average molecular weight is 409 g/mol. The SMILES string of the molecule is CCc1nc2cc(C)ccn2c1C(=O)Nc1cccc2c1C(=O)c1ccccc1C2=O.